The Morgan fingerprint density at radius 1 is 1.11 bits per heavy atom. The number of aryl methyl sites for hydroxylation is 1. The lowest BCUT2D eigenvalue weighted by Gasteiger charge is -2.03. The Morgan fingerprint density at radius 2 is 1.89 bits per heavy atom. The van der Waals surface area contributed by atoms with Crippen LogP contribution in [0.5, 0.6) is 5.75 Å². The molecule has 3 aromatic rings. The van der Waals surface area contributed by atoms with E-state index in [1.165, 1.54) is 28.2 Å². The quantitative estimate of drug-likeness (QED) is 0.560. The SMILES string of the molecule is CCOC(=O)c1csc(NC(=O)Cc2csc(COc3ccc(C)cc3)n2)n1. The Bertz CT molecular complexity index is 950. The third-order valence-corrected chi connectivity index (χ3v) is 5.19. The number of amides is 1. The molecular formula is C19H19N3O4S2. The summed E-state index contributed by atoms with van der Waals surface area (Å²) in [5.41, 5.74) is 2.02. The van der Waals surface area contributed by atoms with Gasteiger partial charge in [-0.3, -0.25) is 4.79 Å². The smallest absolute Gasteiger partial charge is 0.357 e. The number of hydrogen-bond acceptors (Lipinski definition) is 8. The summed E-state index contributed by atoms with van der Waals surface area (Å²) >= 11 is 2.62. The average molecular weight is 418 g/mol. The van der Waals surface area contributed by atoms with Gasteiger partial charge in [0.05, 0.1) is 18.7 Å². The number of carbonyl (C=O) groups is 2. The maximum atomic E-state index is 12.2. The maximum Gasteiger partial charge on any atom is 0.357 e. The number of rotatable bonds is 8. The molecule has 0 atom stereocenters. The van der Waals surface area contributed by atoms with Gasteiger partial charge in [0.2, 0.25) is 5.91 Å². The van der Waals surface area contributed by atoms with E-state index in [4.69, 9.17) is 9.47 Å². The summed E-state index contributed by atoms with van der Waals surface area (Å²) < 4.78 is 10.6. The summed E-state index contributed by atoms with van der Waals surface area (Å²) in [5.74, 6) is 0.0271. The maximum absolute atomic E-state index is 12.2. The average Bonchev–Trinajstić information content (AvgIpc) is 3.31. The van der Waals surface area contributed by atoms with Gasteiger partial charge in [0.25, 0.3) is 0 Å². The van der Waals surface area contributed by atoms with Gasteiger partial charge >= 0.3 is 5.97 Å². The van der Waals surface area contributed by atoms with Gasteiger partial charge in [0, 0.05) is 10.8 Å². The predicted molar refractivity (Wildman–Crippen MR) is 108 cm³/mol. The molecule has 2 heterocycles. The number of aromatic nitrogens is 2. The number of ether oxygens (including phenoxy) is 2. The summed E-state index contributed by atoms with van der Waals surface area (Å²) in [6.45, 7) is 4.37. The van der Waals surface area contributed by atoms with Crippen molar-refractivity contribution < 1.29 is 19.1 Å². The van der Waals surface area contributed by atoms with E-state index in [1.807, 2.05) is 36.6 Å². The molecule has 1 aromatic carbocycles. The van der Waals surface area contributed by atoms with Crippen LogP contribution in [0.3, 0.4) is 0 Å². The van der Waals surface area contributed by atoms with Crippen molar-refractivity contribution in [2.75, 3.05) is 11.9 Å². The molecule has 0 unspecified atom stereocenters. The summed E-state index contributed by atoms with van der Waals surface area (Å²) in [4.78, 5) is 32.3. The molecule has 0 fully saturated rings. The zero-order valence-corrected chi connectivity index (χ0v) is 17.1. The Kier molecular flexibility index (Phi) is 6.72. The zero-order chi connectivity index (χ0) is 19.9. The van der Waals surface area contributed by atoms with E-state index in [0.29, 0.717) is 17.4 Å². The summed E-state index contributed by atoms with van der Waals surface area (Å²) in [7, 11) is 0. The van der Waals surface area contributed by atoms with E-state index in [2.05, 4.69) is 15.3 Å². The molecule has 0 bridgehead atoms. The highest BCUT2D eigenvalue weighted by Gasteiger charge is 2.14. The first-order valence-electron chi connectivity index (χ1n) is 8.58. The van der Waals surface area contributed by atoms with Crippen LogP contribution in [0.15, 0.2) is 35.0 Å². The van der Waals surface area contributed by atoms with Crippen molar-refractivity contribution in [3.63, 3.8) is 0 Å². The second-order valence-electron chi connectivity index (χ2n) is 5.82. The van der Waals surface area contributed by atoms with Crippen molar-refractivity contribution in [3.05, 3.63) is 57.0 Å². The number of nitrogens with zero attached hydrogens (tertiary/aromatic N) is 2. The van der Waals surface area contributed by atoms with Gasteiger partial charge in [0.1, 0.15) is 17.4 Å². The fourth-order valence-electron chi connectivity index (χ4n) is 2.23. The largest absolute Gasteiger partial charge is 0.486 e. The van der Waals surface area contributed by atoms with E-state index in [0.717, 1.165) is 10.8 Å². The Hall–Kier alpha value is -2.78. The number of benzene rings is 1. The molecule has 0 aliphatic heterocycles. The van der Waals surface area contributed by atoms with Gasteiger partial charge < -0.3 is 14.8 Å². The third kappa shape index (κ3) is 5.61. The molecule has 2 aromatic heterocycles. The number of carbonyl (C=O) groups excluding carboxylic acids is 2. The minimum Gasteiger partial charge on any atom is -0.486 e. The van der Waals surface area contributed by atoms with E-state index in [1.54, 1.807) is 12.3 Å². The van der Waals surface area contributed by atoms with Gasteiger partial charge in [-0.15, -0.1) is 22.7 Å². The predicted octanol–water partition coefficient (Wildman–Crippen LogP) is 3.84. The molecular weight excluding hydrogens is 398 g/mol. The lowest BCUT2D eigenvalue weighted by Crippen LogP contribution is -2.15. The summed E-state index contributed by atoms with van der Waals surface area (Å²) in [6, 6.07) is 7.80. The first-order chi connectivity index (χ1) is 13.5. The minimum absolute atomic E-state index is 0.120. The molecule has 0 aliphatic rings. The zero-order valence-electron chi connectivity index (χ0n) is 15.4. The molecule has 0 saturated heterocycles. The molecule has 0 radical (unpaired) electrons. The molecule has 146 valence electrons. The molecule has 0 saturated carbocycles. The number of nitrogens with one attached hydrogen (secondary N) is 1. The van der Waals surface area contributed by atoms with Crippen LogP contribution in [0.4, 0.5) is 5.13 Å². The molecule has 9 heteroatoms. The van der Waals surface area contributed by atoms with E-state index in [-0.39, 0.29) is 24.6 Å². The van der Waals surface area contributed by atoms with Crippen LogP contribution in [0.1, 0.15) is 33.7 Å². The van der Waals surface area contributed by atoms with Crippen LogP contribution in [0.25, 0.3) is 0 Å². The van der Waals surface area contributed by atoms with E-state index < -0.39 is 5.97 Å². The lowest BCUT2D eigenvalue weighted by atomic mass is 10.2. The van der Waals surface area contributed by atoms with Crippen molar-refractivity contribution >= 4 is 39.7 Å². The number of esters is 1. The molecule has 0 spiro atoms. The van der Waals surface area contributed by atoms with Gasteiger partial charge in [0.15, 0.2) is 10.8 Å². The normalized spacial score (nSPS) is 10.5. The second-order valence-corrected chi connectivity index (χ2v) is 7.62. The van der Waals surface area contributed by atoms with Crippen LogP contribution in [0.2, 0.25) is 0 Å². The van der Waals surface area contributed by atoms with Crippen molar-refractivity contribution in [2.24, 2.45) is 0 Å². The molecule has 1 N–H and O–H groups in total. The highest BCUT2D eigenvalue weighted by Crippen LogP contribution is 2.18. The molecule has 3 rings (SSSR count). The molecule has 28 heavy (non-hydrogen) atoms. The van der Waals surface area contributed by atoms with Crippen molar-refractivity contribution in [1.82, 2.24) is 9.97 Å². The fourth-order valence-corrected chi connectivity index (χ4v) is 3.63. The highest BCUT2D eigenvalue weighted by atomic mass is 32.1. The van der Waals surface area contributed by atoms with Crippen LogP contribution >= 0.6 is 22.7 Å². The number of anilines is 1. The van der Waals surface area contributed by atoms with Gasteiger partial charge in [-0.2, -0.15) is 0 Å². The van der Waals surface area contributed by atoms with Crippen LogP contribution in [-0.2, 0) is 22.6 Å². The minimum atomic E-state index is -0.503. The van der Waals surface area contributed by atoms with Gasteiger partial charge in [-0.25, -0.2) is 14.8 Å². The van der Waals surface area contributed by atoms with Crippen molar-refractivity contribution in [1.29, 1.82) is 0 Å². The van der Waals surface area contributed by atoms with Crippen LogP contribution in [0, 0.1) is 6.92 Å². The first-order valence-corrected chi connectivity index (χ1v) is 10.3. The molecule has 7 nitrogen and oxygen atoms in total. The number of hydrogen-bond donors (Lipinski definition) is 1. The Labute approximate surface area is 170 Å². The Balaban J connectivity index is 1.49. The third-order valence-electron chi connectivity index (χ3n) is 3.56. The number of thiazole rings is 2. The van der Waals surface area contributed by atoms with Crippen molar-refractivity contribution in [3.8, 4) is 5.75 Å². The first kappa shape index (κ1) is 20.0. The van der Waals surface area contributed by atoms with Gasteiger partial charge in [-0.05, 0) is 26.0 Å². The lowest BCUT2D eigenvalue weighted by molar-refractivity contribution is -0.115. The van der Waals surface area contributed by atoms with Gasteiger partial charge in [-0.1, -0.05) is 17.7 Å². The highest BCUT2D eigenvalue weighted by molar-refractivity contribution is 7.14. The van der Waals surface area contributed by atoms with E-state index in [9.17, 15) is 9.59 Å². The Morgan fingerprint density at radius 3 is 2.64 bits per heavy atom. The monoisotopic (exact) mass is 417 g/mol. The second kappa shape index (κ2) is 9.43. The topological polar surface area (TPSA) is 90.4 Å². The molecule has 0 aliphatic carbocycles. The fraction of sp³-hybridized carbons (Fsp3) is 0.263. The van der Waals surface area contributed by atoms with Crippen LogP contribution < -0.4 is 10.1 Å². The van der Waals surface area contributed by atoms with E-state index >= 15 is 0 Å². The van der Waals surface area contributed by atoms with Crippen LogP contribution in [-0.4, -0.2) is 28.5 Å². The van der Waals surface area contributed by atoms with Crippen molar-refractivity contribution in [2.45, 2.75) is 26.9 Å². The molecule has 1 amide bonds. The summed E-state index contributed by atoms with van der Waals surface area (Å²) in [5, 5.41) is 7.21. The summed E-state index contributed by atoms with van der Waals surface area (Å²) in [6.07, 6.45) is 0.120. The standard InChI is InChI=1S/C19H19N3O4S2/c1-3-25-18(24)15-11-28-19(21-15)22-16(23)8-13-10-27-17(20-13)9-26-14-6-4-12(2)5-7-14/h4-7,10-11H,3,8-9H2,1-2H3,(H,21,22,23).